The molecule has 248 valence electrons. The van der Waals surface area contributed by atoms with Gasteiger partial charge in [0.2, 0.25) is 23.6 Å². The molecule has 0 radical (unpaired) electrons. The van der Waals surface area contributed by atoms with Crippen LogP contribution in [-0.4, -0.2) is 186 Å². The molecular formula is C24H40N8O12. The summed E-state index contributed by atoms with van der Waals surface area (Å²) in [6.45, 7) is -0.245. The number of hydrogen-bond donors (Lipinski definition) is 8. The van der Waals surface area contributed by atoms with Crippen LogP contribution in [0.1, 0.15) is 6.42 Å². The van der Waals surface area contributed by atoms with Gasteiger partial charge in [-0.15, -0.1) is 0 Å². The summed E-state index contributed by atoms with van der Waals surface area (Å²) in [5.41, 5.74) is 0. The van der Waals surface area contributed by atoms with E-state index in [1.54, 1.807) is 20.0 Å². The lowest BCUT2D eigenvalue weighted by Crippen LogP contribution is -2.51. The number of nitrogens with zero attached hydrogens (tertiary/aromatic N) is 4. The van der Waals surface area contributed by atoms with Gasteiger partial charge in [0.1, 0.15) is 19.6 Å². The molecule has 44 heavy (non-hydrogen) atoms. The fourth-order valence-electron chi connectivity index (χ4n) is 4.02. The highest BCUT2D eigenvalue weighted by Gasteiger charge is 2.21. The molecule has 0 atom stereocenters. The predicted molar refractivity (Wildman–Crippen MR) is 148 cm³/mol. The molecule has 0 unspecified atom stereocenters. The summed E-state index contributed by atoms with van der Waals surface area (Å²) >= 11 is 0. The molecule has 20 nitrogen and oxygen atoms in total. The first-order chi connectivity index (χ1) is 20.7. The van der Waals surface area contributed by atoms with E-state index in [1.807, 2.05) is 4.90 Å². The SMILES string of the molecule is O=C(O)CNC(=O)CN1CCN(CCC(=O)NC(=O)O)CCN(CC(=O)NCC(=O)O)CCN(CC(=O)NCC(=O)O)CC1. The number of carboxylic acid groups (broad SMARTS) is 4. The van der Waals surface area contributed by atoms with E-state index < -0.39 is 67.3 Å². The Kier molecular flexibility index (Phi) is 17.5. The van der Waals surface area contributed by atoms with Gasteiger partial charge in [-0.3, -0.25) is 53.6 Å². The Balaban J connectivity index is 3.12. The fourth-order valence-corrected chi connectivity index (χ4v) is 4.02. The van der Waals surface area contributed by atoms with Crippen LogP contribution in [0.25, 0.3) is 0 Å². The summed E-state index contributed by atoms with van der Waals surface area (Å²) in [7, 11) is 0. The zero-order valence-electron chi connectivity index (χ0n) is 24.2. The van der Waals surface area contributed by atoms with Crippen LogP contribution in [0.4, 0.5) is 4.79 Å². The second-order valence-electron chi connectivity index (χ2n) is 9.78. The topological polar surface area (TPSA) is 279 Å². The van der Waals surface area contributed by atoms with E-state index in [0.717, 1.165) is 0 Å². The smallest absolute Gasteiger partial charge is 0.411 e. The molecule has 0 aromatic rings. The van der Waals surface area contributed by atoms with Crippen molar-refractivity contribution in [2.75, 3.05) is 98.2 Å². The first-order valence-electron chi connectivity index (χ1n) is 13.6. The van der Waals surface area contributed by atoms with E-state index in [-0.39, 0.29) is 85.0 Å². The van der Waals surface area contributed by atoms with E-state index in [9.17, 15) is 38.4 Å². The highest BCUT2D eigenvalue weighted by atomic mass is 16.4. The maximum absolute atomic E-state index is 12.4. The molecule has 1 heterocycles. The van der Waals surface area contributed by atoms with Crippen LogP contribution in [0, 0.1) is 0 Å². The predicted octanol–water partition coefficient (Wildman–Crippen LogP) is -5.01. The van der Waals surface area contributed by atoms with Gasteiger partial charge < -0.3 is 41.3 Å². The van der Waals surface area contributed by atoms with Crippen LogP contribution >= 0.6 is 0 Å². The van der Waals surface area contributed by atoms with Gasteiger partial charge in [0.15, 0.2) is 0 Å². The van der Waals surface area contributed by atoms with Crippen LogP contribution in [0.5, 0.6) is 0 Å². The first kappa shape index (κ1) is 37.6. The lowest BCUT2D eigenvalue weighted by atomic mass is 10.3. The molecule has 1 saturated heterocycles. The third-order valence-corrected chi connectivity index (χ3v) is 6.24. The van der Waals surface area contributed by atoms with Gasteiger partial charge >= 0.3 is 24.0 Å². The molecule has 0 aromatic heterocycles. The lowest BCUT2D eigenvalue weighted by molar-refractivity contribution is -0.138. The molecule has 5 amide bonds. The Morgan fingerprint density at radius 1 is 0.455 bits per heavy atom. The summed E-state index contributed by atoms with van der Waals surface area (Å²) in [4.78, 5) is 99.4. The summed E-state index contributed by atoms with van der Waals surface area (Å²) < 4.78 is 0. The number of rotatable bonds is 15. The molecule has 1 fully saturated rings. The number of aliphatic carboxylic acids is 3. The summed E-state index contributed by atoms with van der Waals surface area (Å²) in [5, 5.41) is 44.0. The van der Waals surface area contributed by atoms with Gasteiger partial charge in [-0.2, -0.15) is 0 Å². The van der Waals surface area contributed by atoms with Crippen LogP contribution in [-0.2, 0) is 33.6 Å². The Labute approximate surface area is 252 Å². The molecule has 20 heteroatoms. The molecular weight excluding hydrogens is 592 g/mol. The van der Waals surface area contributed by atoms with Crippen molar-refractivity contribution in [3.8, 4) is 0 Å². The van der Waals surface area contributed by atoms with Crippen LogP contribution in [0.2, 0.25) is 0 Å². The highest BCUT2D eigenvalue weighted by Crippen LogP contribution is 2.02. The monoisotopic (exact) mass is 632 g/mol. The van der Waals surface area contributed by atoms with Crippen LogP contribution in [0.3, 0.4) is 0 Å². The fraction of sp³-hybridized carbons (Fsp3) is 0.667. The number of nitrogens with one attached hydrogen (secondary N) is 4. The van der Waals surface area contributed by atoms with E-state index in [2.05, 4.69) is 16.0 Å². The zero-order valence-corrected chi connectivity index (χ0v) is 24.2. The van der Waals surface area contributed by atoms with Crippen molar-refractivity contribution in [1.82, 2.24) is 40.9 Å². The second-order valence-corrected chi connectivity index (χ2v) is 9.78. The third-order valence-electron chi connectivity index (χ3n) is 6.24. The Hall–Kier alpha value is -4.40. The summed E-state index contributed by atoms with van der Waals surface area (Å²) in [6.07, 6.45) is -1.66. The Morgan fingerprint density at radius 3 is 1.02 bits per heavy atom. The largest absolute Gasteiger partial charge is 0.480 e. The van der Waals surface area contributed by atoms with Crippen molar-refractivity contribution < 1.29 is 58.8 Å². The Bertz CT molecular complexity index is 995. The standard InChI is InChI=1S/C24H40N8O12/c33-17(28-24(43)44)1-2-29-3-5-30(14-18(34)25-11-21(37)38)7-9-32(16-20(36)27-13-23(41)42)10-8-31(6-4-29)15-19(35)26-12-22(39)40/h1-16H2,(H,25,34)(H,26,35)(H,27,36)(H,28,33)(H,37,38)(H,39,40)(H,41,42)(H,43,44). The maximum Gasteiger partial charge on any atom is 0.411 e. The van der Waals surface area contributed by atoms with Crippen molar-refractivity contribution >= 4 is 47.6 Å². The van der Waals surface area contributed by atoms with Crippen molar-refractivity contribution in [2.24, 2.45) is 0 Å². The zero-order chi connectivity index (χ0) is 33.1. The lowest BCUT2D eigenvalue weighted by Gasteiger charge is -2.33. The van der Waals surface area contributed by atoms with Crippen LogP contribution < -0.4 is 21.3 Å². The minimum Gasteiger partial charge on any atom is -0.480 e. The maximum atomic E-state index is 12.4. The quantitative estimate of drug-likeness (QED) is 0.0839. The van der Waals surface area contributed by atoms with E-state index in [0.29, 0.717) is 0 Å². The average Bonchev–Trinajstić information content (AvgIpc) is 2.92. The molecule has 1 rings (SSSR count). The van der Waals surface area contributed by atoms with E-state index in [1.165, 1.54) is 0 Å². The molecule has 1 aliphatic rings. The summed E-state index contributed by atoms with van der Waals surface area (Å²) in [5.74, 6) is -6.09. The van der Waals surface area contributed by atoms with E-state index >= 15 is 0 Å². The molecule has 0 aliphatic carbocycles. The molecule has 8 N–H and O–H groups in total. The molecule has 0 spiro atoms. The van der Waals surface area contributed by atoms with Gasteiger partial charge in [-0.1, -0.05) is 0 Å². The van der Waals surface area contributed by atoms with Crippen molar-refractivity contribution in [3.63, 3.8) is 0 Å². The minimum absolute atomic E-state index is 0.132. The third kappa shape index (κ3) is 18.9. The van der Waals surface area contributed by atoms with Gasteiger partial charge in [0.25, 0.3) is 0 Å². The molecule has 1 aliphatic heterocycles. The number of imide groups is 1. The number of hydrogen-bond acceptors (Lipinski definition) is 12. The number of carboxylic acids is 3. The molecule has 0 bridgehead atoms. The number of amides is 5. The number of carbonyl (C=O) groups is 8. The van der Waals surface area contributed by atoms with Gasteiger partial charge in [-0.05, 0) is 0 Å². The van der Waals surface area contributed by atoms with Crippen molar-refractivity contribution in [2.45, 2.75) is 6.42 Å². The highest BCUT2D eigenvalue weighted by molar-refractivity contribution is 5.90. The van der Waals surface area contributed by atoms with Crippen LogP contribution in [0.15, 0.2) is 0 Å². The summed E-state index contributed by atoms with van der Waals surface area (Å²) in [6, 6.07) is 0. The normalized spacial score (nSPS) is 16.0. The number of carbonyl (C=O) groups excluding carboxylic acids is 4. The van der Waals surface area contributed by atoms with Crippen molar-refractivity contribution in [3.05, 3.63) is 0 Å². The first-order valence-corrected chi connectivity index (χ1v) is 13.6. The van der Waals surface area contributed by atoms with E-state index in [4.69, 9.17) is 20.4 Å². The second kappa shape index (κ2) is 20.5. The van der Waals surface area contributed by atoms with Crippen molar-refractivity contribution in [1.29, 1.82) is 0 Å². The minimum atomic E-state index is -1.50. The average molecular weight is 633 g/mol. The van der Waals surface area contributed by atoms with Gasteiger partial charge in [-0.25, -0.2) is 4.79 Å². The Morgan fingerprint density at radius 2 is 0.750 bits per heavy atom. The van der Waals surface area contributed by atoms with Gasteiger partial charge in [0.05, 0.1) is 19.6 Å². The molecule has 0 aromatic carbocycles. The molecule has 0 saturated carbocycles. The van der Waals surface area contributed by atoms with Gasteiger partial charge in [0, 0.05) is 65.3 Å².